The minimum absolute atomic E-state index is 0.232. The van der Waals surface area contributed by atoms with Crippen molar-refractivity contribution in [3.63, 3.8) is 0 Å². The lowest BCUT2D eigenvalue weighted by atomic mass is 10.0. The molecule has 0 fully saturated rings. The van der Waals surface area contributed by atoms with E-state index < -0.39 is 0 Å². The number of halogens is 2. The molecule has 7 heteroatoms. The van der Waals surface area contributed by atoms with E-state index in [-0.39, 0.29) is 23.8 Å². The van der Waals surface area contributed by atoms with E-state index in [9.17, 15) is 13.6 Å². The lowest BCUT2D eigenvalue weighted by molar-refractivity contribution is 0.0590. The zero-order valence-electron chi connectivity index (χ0n) is 15.0. The molecule has 1 unspecified atom stereocenters. The van der Waals surface area contributed by atoms with Crippen molar-refractivity contribution >= 4 is 11.7 Å². The third kappa shape index (κ3) is 5.03. The Balaban J connectivity index is 1.66. The average molecular weight is 373 g/mol. The molecule has 0 bridgehead atoms. The average Bonchev–Trinajstić information content (AvgIpc) is 3.12. The molecule has 0 saturated heterocycles. The maximum Gasteiger partial charge on any atom is 0.317 e. The highest BCUT2D eigenvalue weighted by molar-refractivity contribution is 6.01. The van der Waals surface area contributed by atoms with E-state index in [2.05, 4.69) is 10.5 Å². The van der Waals surface area contributed by atoms with Crippen LogP contribution in [0.2, 0.25) is 0 Å². The topological polar surface area (TPSA) is 53.9 Å². The van der Waals surface area contributed by atoms with Crippen molar-refractivity contribution in [2.75, 3.05) is 13.1 Å². The van der Waals surface area contributed by atoms with Crippen LogP contribution in [0.3, 0.4) is 0 Å². The number of nitrogens with one attached hydrogen (secondary N) is 1. The van der Waals surface area contributed by atoms with E-state index in [0.717, 1.165) is 5.56 Å². The van der Waals surface area contributed by atoms with Crippen LogP contribution in [0.1, 0.15) is 24.5 Å². The SMILES string of the molecule is CCNC(=O)N(Cc1ccc(F)cc1)CC1CC(c2cccc(F)c2)=NO1. The van der Waals surface area contributed by atoms with Gasteiger partial charge in [0.15, 0.2) is 6.10 Å². The second kappa shape index (κ2) is 8.62. The van der Waals surface area contributed by atoms with Gasteiger partial charge in [0.05, 0.1) is 12.3 Å². The van der Waals surface area contributed by atoms with Gasteiger partial charge >= 0.3 is 6.03 Å². The van der Waals surface area contributed by atoms with Crippen LogP contribution in [0.25, 0.3) is 0 Å². The first-order chi connectivity index (χ1) is 13.0. The van der Waals surface area contributed by atoms with E-state index >= 15 is 0 Å². The number of benzene rings is 2. The fourth-order valence-corrected chi connectivity index (χ4v) is 2.90. The van der Waals surface area contributed by atoms with Crippen molar-refractivity contribution in [2.45, 2.75) is 26.0 Å². The monoisotopic (exact) mass is 373 g/mol. The van der Waals surface area contributed by atoms with E-state index in [4.69, 9.17) is 4.84 Å². The summed E-state index contributed by atoms with van der Waals surface area (Å²) in [5.74, 6) is -0.658. The zero-order chi connectivity index (χ0) is 19.2. The zero-order valence-corrected chi connectivity index (χ0v) is 15.0. The van der Waals surface area contributed by atoms with Gasteiger partial charge in [-0.05, 0) is 36.8 Å². The van der Waals surface area contributed by atoms with Crippen LogP contribution < -0.4 is 5.32 Å². The number of nitrogens with zero attached hydrogens (tertiary/aromatic N) is 2. The van der Waals surface area contributed by atoms with Gasteiger partial charge in [0.2, 0.25) is 0 Å². The van der Waals surface area contributed by atoms with Gasteiger partial charge in [-0.2, -0.15) is 0 Å². The lowest BCUT2D eigenvalue weighted by Gasteiger charge is -2.25. The highest BCUT2D eigenvalue weighted by Crippen LogP contribution is 2.19. The summed E-state index contributed by atoms with van der Waals surface area (Å²) in [5, 5.41) is 6.82. The number of urea groups is 1. The van der Waals surface area contributed by atoms with Crippen LogP contribution in [-0.4, -0.2) is 35.8 Å². The van der Waals surface area contributed by atoms with Gasteiger partial charge in [0.1, 0.15) is 11.6 Å². The smallest absolute Gasteiger partial charge is 0.317 e. The van der Waals surface area contributed by atoms with E-state index in [1.54, 1.807) is 29.2 Å². The van der Waals surface area contributed by atoms with Crippen LogP contribution >= 0.6 is 0 Å². The Morgan fingerprint density at radius 2 is 2.00 bits per heavy atom. The summed E-state index contributed by atoms with van der Waals surface area (Å²) in [6.07, 6.45) is 0.147. The molecular weight excluding hydrogens is 352 g/mol. The van der Waals surface area contributed by atoms with Crippen molar-refractivity contribution in [1.29, 1.82) is 0 Å². The lowest BCUT2D eigenvalue weighted by Crippen LogP contribution is -2.43. The normalized spacial score (nSPS) is 15.8. The highest BCUT2D eigenvalue weighted by atomic mass is 19.1. The molecule has 1 N–H and O–H groups in total. The standard InChI is InChI=1S/C20H21F2N3O2/c1-2-23-20(26)25(12-14-6-8-16(21)9-7-14)13-18-11-19(24-27-18)15-4-3-5-17(22)10-15/h3-10,18H,2,11-13H2,1H3,(H,23,26). The Hall–Kier alpha value is -2.96. The first-order valence-corrected chi connectivity index (χ1v) is 8.81. The molecule has 2 aromatic rings. The summed E-state index contributed by atoms with van der Waals surface area (Å²) in [6.45, 7) is 2.97. The molecule has 1 aliphatic heterocycles. The van der Waals surface area contributed by atoms with Crippen LogP contribution in [0.15, 0.2) is 53.7 Å². The van der Waals surface area contributed by atoms with E-state index in [1.165, 1.54) is 24.3 Å². The molecule has 27 heavy (non-hydrogen) atoms. The first kappa shape index (κ1) is 18.8. The van der Waals surface area contributed by atoms with Gasteiger partial charge in [0, 0.05) is 25.1 Å². The Morgan fingerprint density at radius 3 is 2.70 bits per heavy atom. The van der Waals surface area contributed by atoms with Crippen molar-refractivity contribution in [2.24, 2.45) is 5.16 Å². The molecule has 3 rings (SSSR count). The maximum absolute atomic E-state index is 13.4. The molecule has 5 nitrogen and oxygen atoms in total. The largest absolute Gasteiger partial charge is 0.390 e. The molecular formula is C20H21F2N3O2. The number of hydrogen-bond donors (Lipinski definition) is 1. The second-order valence-electron chi connectivity index (χ2n) is 6.32. The summed E-state index contributed by atoms with van der Waals surface area (Å²) in [7, 11) is 0. The number of oxime groups is 1. The molecule has 1 atom stereocenters. The quantitative estimate of drug-likeness (QED) is 0.840. The molecule has 1 heterocycles. The van der Waals surface area contributed by atoms with Crippen LogP contribution in [0, 0.1) is 11.6 Å². The maximum atomic E-state index is 13.4. The minimum atomic E-state index is -0.334. The summed E-state index contributed by atoms with van der Waals surface area (Å²) >= 11 is 0. The molecule has 0 aromatic heterocycles. The fourth-order valence-electron chi connectivity index (χ4n) is 2.90. The Kier molecular flexibility index (Phi) is 6.01. The van der Waals surface area contributed by atoms with Crippen LogP contribution in [-0.2, 0) is 11.4 Å². The van der Waals surface area contributed by atoms with Gasteiger partial charge < -0.3 is 15.1 Å². The molecule has 0 radical (unpaired) electrons. The summed E-state index contributed by atoms with van der Waals surface area (Å²) in [6, 6.07) is 12.0. The van der Waals surface area contributed by atoms with Crippen LogP contribution in [0.5, 0.6) is 0 Å². The predicted molar refractivity (Wildman–Crippen MR) is 98.3 cm³/mol. The first-order valence-electron chi connectivity index (χ1n) is 8.81. The molecule has 0 saturated carbocycles. The van der Waals surface area contributed by atoms with Crippen LogP contribution in [0.4, 0.5) is 13.6 Å². The molecule has 0 spiro atoms. The molecule has 2 aromatic carbocycles. The number of rotatable bonds is 6. The van der Waals surface area contributed by atoms with Gasteiger partial charge in [0.25, 0.3) is 0 Å². The number of hydrogen-bond acceptors (Lipinski definition) is 3. The van der Waals surface area contributed by atoms with Gasteiger partial charge in [-0.15, -0.1) is 0 Å². The third-order valence-electron chi connectivity index (χ3n) is 4.22. The van der Waals surface area contributed by atoms with E-state index in [0.29, 0.717) is 37.3 Å². The van der Waals surface area contributed by atoms with Gasteiger partial charge in [-0.25, -0.2) is 13.6 Å². The second-order valence-corrected chi connectivity index (χ2v) is 6.32. The molecule has 2 amide bonds. The Morgan fingerprint density at radius 1 is 1.22 bits per heavy atom. The number of carbonyl (C=O) groups is 1. The minimum Gasteiger partial charge on any atom is -0.390 e. The van der Waals surface area contributed by atoms with Crippen molar-refractivity contribution in [3.05, 3.63) is 71.3 Å². The Bertz CT molecular complexity index is 824. The number of carbonyl (C=O) groups excluding carboxylic acids is 1. The van der Waals surface area contributed by atoms with Crippen molar-refractivity contribution in [3.8, 4) is 0 Å². The summed E-state index contributed by atoms with van der Waals surface area (Å²) in [5.41, 5.74) is 2.13. The van der Waals surface area contributed by atoms with Crippen molar-refractivity contribution in [1.82, 2.24) is 10.2 Å². The fraction of sp³-hybridized carbons (Fsp3) is 0.300. The third-order valence-corrected chi connectivity index (χ3v) is 4.22. The number of amides is 2. The Labute approximate surface area is 156 Å². The summed E-state index contributed by atoms with van der Waals surface area (Å²) < 4.78 is 26.5. The molecule has 0 aliphatic carbocycles. The van der Waals surface area contributed by atoms with Crippen molar-refractivity contribution < 1.29 is 18.4 Å². The van der Waals surface area contributed by atoms with E-state index in [1.807, 2.05) is 6.92 Å². The highest BCUT2D eigenvalue weighted by Gasteiger charge is 2.27. The molecule has 1 aliphatic rings. The van der Waals surface area contributed by atoms with Gasteiger partial charge in [-0.1, -0.05) is 29.4 Å². The predicted octanol–water partition coefficient (Wildman–Crippen LogP) is 3.69. The van der Waals surface area contributed by atoms with Gasteiger partial charge in [-0.3, -0.25) is 0 Å². The summed E-state index contributed by atoms with van der Waals surface area (Å²) in [4.78, 5) is 19.5. The molecule has 142 valence electrons.